The molecular formula is C36H40IN7O7S2. The van der Waals surface area contributed by atoms with Crippen molar-refractivity contribution < 1.29 is 31.0 Å². The first-order valence-electron chi connectivity index (χ1n) is 16.6. The zero-order valence-electron chi connectivity index (χ0n) is 29.6. The van der Waals surface area contributed by atoms with Gasteiger partial charge in [-0.25, -0.2) is 26.2 Å². The average Bonchev–Trinajstić information content (AvgIpc) is 3.79. The molecule has 0 bridgehead atoms. The molecule has 0 saturated carbocycles. The van der Waals surface area contributed by atoms with E-state index in [2.05, 4.69) is 20.2 Å². The first kappa shape index (κ1) is 38.6. The average molecular weight is 874 g/mol. The van der Waals surface area contributed by atoms with Gasteiger partial charge in [-0.05, 0) is 118 Å². The zero-order valence-corrected chi connectivity index (χ0v) is 33.4. The van der Waals surface area contributed by atoms with Crippen molar-refractivity contribution in [3.63, 3.8) is 0 Å². The van der Waals surface area contributed by atoms with Gasteiger partial charge in [0.25, 0.3) is 0 Å². The minimum atomic E-state index is -4.65. The number of methoxy groups -OCH3 is 3. The quantitative estimate of drug-likeness (QED) is 0.149. The van der Waals surface area contributed by atoms with Gasteiger partial charge in [0.05, 0.1) is 33.4 Å². The Bertz CT molecular complexity index is 2200. The van der Waals surface area contributed by atoms with E-state index in [4.69, 9.17) is 14.2 Å². The number of hydrogen-bond donors (Lipinski definition) is 1. The molecule has 1 aliphatic rings. The van der Waals surface area contributed by atoms with Crippen LogP contribution < -0.4 is 18.9 Å². The zero-order chi connectivity index (χ0) is 37.8. The molecule has 0 unspecified atom stereocenters. The second-order valence-corrected chi connectivity index (χ2v) is 17.3. The number of halogens is 1. The third kappa shape index (κ3) is 8.81. The van der Waals surface area contributed by atoms with Gasteiger partial charge in [0.1, 0.15) is 27.0 Å². The number of benzene rings is 4. The first-order valence-corrected chi connectivity index (χ1v) is 20.6. The van der Waals surface area contributed by atoms with E-state index in [0.29, 0.717) is 51.5 Å². The molecule has 6 rings (SSSR count). The summed E-state index contributed by atoms with van der Waals surface area (Å²) in [4.78, 5) is 1.20. The van der Waals surface area contributed by atoms with Gasteiger partial charge < -0.3 is 19.1 Å². The lowest BCUT2D eigenvalue weighted by molar-refractivity contribution is 0.396. The van der Waals surface area contributed by atoms with Gasteiger partial charge >= 0.3 is 0 Å². The Kier molecular flexibility index (Phi) is 12.0. The third-order valence-corrected chi connectivity index (χ3v) is 13.4. The van der Waals surface area contributed by atoms with Crippen molar-refractivity contribution >= 4 is 42.6 Å². The van der Waals surface area contributed by atoms with Crippen molar-refractivity contribution in [1.29, 1.82) is 0 Å². The highest BCUT2D eigenvalue weighted by atomic mass is 127. The fraction of sp³-hybridized carbons (Fsp3) is 0.306. The molecule has 0 amide bonds. The Morgan fingerprint density at radius 2 is 1.32 bits per heavy atom. The standard InChI is InChI=1S/C36H40IN7O7S2/c1-42-20-19-28(24-42)39-52(45,46)33-18-17-32(37)34(36-38-40-41-44(36)23-27-9-15-31(51-4)16-10-27)35(33)53(47,48)43(21-25-5-11-29(49-2)12-6-25)22-26-7-13-30(50-3)14-8-26/h5-18,28,39H,19-24H2,1-4H3/t28-/m1/s1. The van der Waals surface area contributed by atoms with E-state index in [9.17, 15) is 8.42 Å². The van der Waals surface area contributed by atoms with Crippen molar-refractivity contribution in [1.82, 2.24) is 34.1 Å². The Hall–Kier alpha value is -4.14. The van der Waals surface area contributed by atoms with E-state index in [1.807, 2.05) is 46.7 Å². The molecule has 1 fully saturated rings. The number of hydrogen-bond acceptors (Lipinski definition) is 11. The Morgan fingerprint density at radius 1 is 0.792 bits per heavy atom. The van der Waals surface area contributed by atoms with Crippen LogP contribution in [0.2, 0.25) is 0 Å². The van der Waals surface area contributed by atoms with Crippen LogP contribution in [0.1, 0.15) is 23.1 Å². The molecular weight excluding hydrogens is 833 g/mol. The van der Waals surface area contributed by atoms with Gasteiger partial charge in [-0.3, -0.25) is 0 Å². The van der Waals surface area contributed by atoms with Crippen LogP contribution >= 0.6 is 22.6 Å². The minimum Gasteiger partial charge on any atom is -0.497 e. The summed E-state index contributed by atoms with van der Waals surface area (Å²) in [5.74, 6) is 1.98. The summed E-state index contributed by atoms with van der Waals surface area (Å²) in [6.07, 6.45) is 0.580. The molecule has 0 spiro atoms. The molecule has 1 saturated heterocycles. The largest absolute Gasteiger partial charge is 0.497 e. The van der Waals surface area contributed by atoms with Crippen LogP contribution in [0.3, 0.4) is 0 Å². The summed E-state index contributed by atoms with van der Waals surface area (Å²) in [5.41, 5.74) is 2.21. The molecule has 53 heavy (non-hydrogen) atoms. The van der Waals surface area contributed by atoms with Gasteiger partial charge in [0.15, 0.2) is 5.82 Å². The van der Waals surface area contributed by atoms with Crippen molar-refractivity contribution in [2.45, 2.75) is 41.9 Å². The van der Waals surface area contributed by atoms with Crippen molar-refractivity contribution in [3.05, 3.63) is 105 Å². The molecule has 17 heteroatoms. The van der Waals surface area contributed by atoms with E-state index >= 15 is 8.42 Å². The van der Waals surface area contributed by atoms with Crippen LogP contribution in [0, 0.1) is 3.57 Å². The summed E-state index contributed by atoms with van der Waals surface area (Å²) in [7, 11) is -2.47. The number of likely N-dealkylation sites (tertiary alicyclic amines) is 1. The number of nitrogens with one attached hydrogen (secondary N) is 1. The highest BCUT2D eigenvalue weighted by Gasteiger charge is 2.38. The van der Waals surface area contributed by atoms with Crippen LogP contribution in [-0.2, 0) is 39.7 Å². The van der Waals surface area contributed by atoms with Crippen LogP contribution in [0.5, 0.6) is 17.2 Å². The molecule has 1 atom stereocenters. The third-order valence-electron chi connectivity index (χ3n) is 8.95. The second-order valence-electron chi connectivity index (χ2n) is 12.6. The monoisotopic (exact) mass is 873 g/mol. The SMILES string of the molecule is COc1ccc(CN(Cc2ccc(OC)cc2)S(=O)(=O)c2c(S(=O)(=O)N[C@@H]3CCN(C)C3)ccc(I)c2-c2nnnn2Cc2ccc(OC)cc2)cc1. The topological polar surface area (TPSA) is 158 Å². The van der Waals surface area contributed by atoms with Crippen molar-refractivity contribution in [2.24, 2.45) is 0 Å². The maximum absolute atomic E-state index is 15.4. The Labute approximate surface area is 323 Å². The fourth-order valence-corrected chi connectivity index (χ4v) is 10.7. The maximum Gasteiger partial charge on any atom is 0.245 e. The summed E-state index contributed by atoms with van der Waals surface area (Å²) in [6.45, 7) is 1.20. The molecule has 4 aromatic carbocycles. The van der Waals surface area contributed by atoms with Crippen molar-refractivity contribution in [3.8, 4) is 28.6 Å². The summed E-state index contributed by atoms with van der Waals surface area (Å²) >= 11 is 2.01. The lowest BCUT2D eigenvalue weighted by Crippen LogP contribution is -2.38. The number of sulfonamides is 2. The molecule has 2 heterocycles. The van der Waals surface area contributed by atoms with E-state index in [1.54, 1.807) is 88.1 Å². The summed E-state index contributed by atoms with van der Waals surface area (Å²) in [6, 6.07) is 23.9. The molecule has 14 nitrogen and oxygen atoms in total. The number of likely N-dealkylation sites (N-methyl/N-ethyl adjacent to an activating group) is 1. The minimum absolute atomic E-state index is 0.0741. The first-order chi connectivity index (χ1) is 25.4. The van der Waals surface area contributed by atoms with Gasteiger partial charge in [0.2, 0.25) is 20.0 Å². The highest BCUT2D eigenvalue weighted by molar-refractivity contribution is 14.1. The lowest BCUT2D eigenvalue weighted by Gasteiger charge is -2.26. The highest BCUT2D eigenvalue weighted by Crippen LogP contribution is 2.39. The molecule has 0 radical (unpaired) electrons. The Balaban J connectivity index is 1.53. The molecule has 1 N–H and O–H groups in total. The van der Waals surface area contributed by atoms with Crippen LogP contribution in [0.4, 0.5) is 0 Å². The number of aromatic nitrogens is 4. The summed E-state index contributed by atoms with van der Waals surface area (Å²) < 4.78 is 81.6. The smallest absolute Gasteiger partial charge is 0.245 e. The predicted octanol–water partition coefficient (Wildman–Crippen LogP) is 4.39. The predicted molar refractivity (Wildman–Crippen MR) is 207 cm³/mol. The number of tetrazole rings is 1. The summed E-state index contributed by atoms with van der Waals surface area (Å²) in [5, 5.41) is 12.4. The fourth-order valence-electron chi connectivity index (χ4n) is 6.15. The van der Waals surface area contributed by atoms with Crippen molar-refractivity contribution in [2.75, 3.05) is 41.5 Å². The van der Waals surface area contributed by atoms with Gasteiger partial charge in [-0.1, -0.05) is 36.4 Å². The van der Waals surface area contributed by atoms with E-state index in [1.165, 1.54) is 15.1 Å². The number of rotatable bonds is 15. The lowest BCUT2D eigenvalue weighted by atomic mass is 10.2. The number of nitrogens with zero attached hydrogens (tertiary/aromatic N) is 6. The molecule has 1 aliphatic heterocycles. The number of ether oxygens (including phenoxy) is 3. The van der Waals surface area contributed by atoms with Gasteiger partial charge in [-0.15, -0.1) is 5.10 Å². The normalized spacial score (nSPS) is 15.2. The maximum atomic E-state index is 15.4. The van der Waals surface area contributed by atoms with E-state index in [-0.39, 0.29) is 31.0 Å². The van der Waals surface area contributed by atoms with E-state index < -0.39 is 35.9 Å². The molecule has 5 aromatic rings. The molecule has 280 valence electrons. The van der Waals surface area contributed by atoms with Gasteiger partial charge in [-0.2, -0.15) is 4.31 Å². The molecule has 1 aromatic heterocycles. The second kappa shape index (κ2) is 16.5. The van der Waals surface area contributed by atoms with Crippen LogP contribution in [-0.4, -0.2) is 93.8 Å². The van der Waals surface area contributed by atoms with E-state index in [0.717, 1.165) is 5.56 Å². The van der Waals surface area contributed by atoms with Crippen LogP contribution in [0.15, 0.2) is 94.7 Å². The van der Waals surface area contributed by atoms with Crippen LogP contribution in [0.25, 0.3) is 11.4 Å². The van der Waals surface area contributed by atoms with Gasteiger partial charge in [0, 0.05) is 29.2 Å². The molecule has 0 aliphatic carbocycles. The Morgan fingerprint density at radius 3 is 1.81 bits per heavy atom.